The molecule has 1 atom stereocenters. The Bertz CT molecular complexity index is 1510. The molecule has 0 aliphatic heterocycles. The second-order valence-electron chi connectivity index (χ2n) is 9.14. The van der Waals surface area contributed by atoms with E-state index < -0.39 is 17.5 Å². The summed E-state index contributed by atoms with van der Waals surface area (Å²) in [5.41, 5.74) is 1.47. The van der Waals surface area contributed by atoms with Crippen molar-refractivity contribution < 1.29 is 28.2 Å². The maximum atomic E-state index is 13.1. The van der Waals surface area contributed by atoms with Gasteiger partial charge in [-0.1, -0.05) is 0 Å². The number of fused-ring (bicyclic) bond motifs is 2. The first-order chi connectivity index (χ1) is 18.8. The zero-order valence-corrected chi connectivity index (χ0v) is 24.6. The van der Waals surface area contributed by atoms with Crippen LogP contribution in [0.4, 0.5) is 5.69 Å². The van der Waals surface area contributed by atoms with Crippen LogP contribution in [0.15, 0.2) is 51.7 Å². The second kappa shape index (κ2) is 12.5. The Hall–Kier alpha value is -3.55. The fourth-order valence-electron chi connectivity index (χ4n) is 4.61. The number of ether oxygens (including phenoxy) is 3. The third-order valence-corrected chi connectivity index (χ3v) is 9.26. The molecular weight excluding hydrogens is 565 g/mol. The molecule has 1 unspecified atom stereocenters. The van der Waals surface area contributed by atoms with Gasteiger partial charge in [0.15, 0.2) is 0 Å². The fourth-order valence-corrected chi connectivity index (χ4v) is 6.76. The maximum absolute atomic E-state index is 13.1. The molecule has 0 radical (unpaired) electrons. The van der Waals surface area contributed by atoms with Crippen LogP contribution in [-0.2, 0) is 16.1 Å². The van der Waals surface area contributed by atoms with Crippen molar-refractivity contribution in [2.75, 3.05) is 32.2 Å². The molecule has 0 aliphatic rings. The third-order valence-electron chi connectivity index (χ3n) is 6.87. The van der Waals surface area contributed by atoms with Gasteiger partial charge in [-0.25, -0.2) is 0 Å². The van der Waals surface area contributed by atoms with E-state index in [0.29, 0.717) is 38.9 Å². The van der Waals surface area contributed by atoms with Crippen LogP contribution in [0.3, 0.4) is 0 Å². The molecule has 0 amide bonds. The standard InChI is InChI=1S/C30H33NO7Se/c1-6-18(11-23(32)28-13-19-12-25(35-4)26(36-5)16-27(19)39-28)30(34)37-17-20-14-29(33)38-24-15-21(9-10-22(20)24)31(7-2)8-3/h9-10,12-16,18H,6-8,11,17H2,1-5H3. The normalized spacial score (nSPS) is 11.9. The van der Waals surface area contributed by atoms with Gasteiger partial charge in [0.1, 0.15) is 0 Å². The van der Waals surface area contributed by atoms with Crippen LogP contribution in [0.2, 0.25) is 0 Å². The molecule has 0 fully saturated rings. The van der Waals surface area contributed by atoms with E-state index in [4.69, 9.17) is 18.6 Å². The first kappa shape index (κ1) is 28.5. The monoisotopic (exact) mass is 599 g/mol. The Balaban J connectivity index is 1.48. The number of Topliss-reactive ketones (excluding diaryl/α,β-unsaturated/α-hetero) is 1. The number of hydrogen-bond acceptors (Lipinski definition) is 8. The number of nitrogens with zero attached hydrogens (tertiary/aromatic N) is 1. The number of anilines is 1. The van der Waals surface area contributed by atoms with Crippen molar-refractivity contribution in [3.8, 4) is 11.5 Å². The second-order valence-corrected chi connectivity index (χ2v) is 11.4. The topological polar surface area (TPSA) is 95.3 Å². The summed E-state index contributed by atoms with van der Waals surface area (Å²) >= 11 is -0.185. The van der Waals surface area contributed by atoms with Gasteiger partial charge < -0.3 is 4.90 Å². The van der Waals surface area contributed by atoms with Gasteiger partial charge in [-0.3, -0.25) is 0 Å². The summed E-state index contributed by atoms with van der Waals surface area (Å²) < 4.78 is 23.6. The summed E-state index contributed by atoms with van der Waals surface area (Å²) in [6.45, 7) is 7.56. The van der Waals surface area contributed by atoms with Crippen molar-refractivity contribution in [3.63, 3.8) is 0 Å². The average Bonchev–Trinajstić information content (AvgIpc) is 3.37. The van der Waals surface area contributed by atoms with Crippen LogP contribution in [0, 0.1) is 5.92 Å². The number of hydrogen-bond donors (Lipinski definition) is 0. The summed E-state index contributed by atoms with van der Waals surface area (Å²) in [5.74, 6) is 0.130. The van der Waals surface area contributed by atoms with Gasteiger partial charge in [0.2, 0.25) is 0 Å². The molecule has 4 aromatic rings. The van der Waals surface area contributed by atoms with Crippen LogP contribution in [0.25, 0.3) is 20.6 Å². The van der Waals surface area contributed by atoms with Gasteiger partial charge in [0, 0.05) is 13.1 Å². The van der Waals surface area contributed by atoms with E-state index in [9.17, 15) is 14.4 Å². The molecule has 2 heterocycles. The zero-order valence-electron chi connectivity index (χ0n) is 22.9. The van der Waals surface area contributed by atoms with E-state index in [0.717, 1.165) is 28.4 Å². The molecule has 2 aromatic carbocycles. The van der Waals surface area contributed by atoms with Gasteiger partial charge in [-0.05, 0) is 13.8 Å². The van der Waals surface area contributed by atoms with Gasteiger partial charge in [-0.15, -0.1) is 0 Å². The SMILES string of the molecule is CCC(CC(=O)c1cc2cc(OC)c(OC)cc2[se]1)C(=O)OCc1cc(=O)oc2cc(N(CC)CC)ccc12. The number of benzene rings is 2. The molecule has 0 saturated heterocycles. The minimum absolute atomic E-state index is 0.0656. The molecule has 2 aromatic heterocycles. The number of rotatable bonds is 12. The summed E-state index contributed by atoms with van der Waals surface area (Å²) in [4.78, 5) is 40.5. The molecule has 8 nitrogen and oxygen atoms in total. The molecule has 9 heteroatoms. The summed E-state index contributed by atoms with van der Waals surface area (Å²) in [6.07, 6.45) is 0.528. The molecule has 0 saturated carbocycles. The van der Waals surface area contributed by atoms with Crippen molar-refractivity contribution in [1.82, 2.24) is 0 Å². The molecule has 0 spiro atoms. The number of esters is 1. The Kier molecular flexibility index (Phi) is 9.15. The van der Waals surface area contributed by atoms with Crippen LogP contribution in [0.5, 0.6) is 11.5 Å². The van der Waals surface area contributed by atoms with Crippen molar-refractivity contribution in [1.29, 1.82) is 0 Å². The predicted molar refractivity (Wildman–Crippen MR) is 153 cm³/mol. The quantitative estimate of drug-likeness (QED) is 0.0950. The Labute approximate surface area is 233 Å². The van der Waals surface area contributed by atoms with E-state index >= 15 is 0 Å². The van der Waals surface area contributed by atoms with Gasteiger partial charge in [0.25, 0.3) is 0 Å². The third kappa shape index (κ3) is 6.21. The summed E-state index contributed by atoms with van der Waals surface area (Å²) in [5, 5.41) is 1.65. The van der Waals surface area contributed by atoms with E-state index in [1.54, 1.807) is 14.2 Å². The number of carbonyl (C=O) groups is 2. The molecule has 4 rings (SSSR count). The molecular formula is C30H33NO7Se. The molecule has 39 heavy (non-hydrogen) atoms. The average molecular weight is 599 g/mol. The molecule has 0 N–H and O–H groups in total. The van der Waals surface area contributed by atoms with Crippen LogP contribution < -0.4 is 20.0 Å². The Morgan fingerprint density at radius 2 is 1.69 bits per heavy atom. The van der Waals surface area contributed by atoms with Gasteiger partial charge >= 0.3 is 202 Å². The fraction of sp³-hybridized carbons (Fsp3) is 0.367. The van der Waals surface area contributed by atoms with E-state index in [1.165, 1.54) is 6.07 Å². The number of carbonyl (C=O) groups excluding carboxylic acids is 2. The molecule has 206 valence electrons. The van der Waals surface area contributed by atoms with E-state index in [-0.39, 0.29) is 33.3 Å². The molecule has 0 aliphatic carbocycles. The first-order valence-corrected chi connectivity index (χ1v) is 14.7. The Morgan fingerprint density at radius 3 is 2.36 bits per heavy atom. The number of methoxy groups -OCH3 is 2. The predicted octanol–water partition coefficient (Wildman–Crippen LogP) is 5.21. The van der Waals surface area contributed by atoms with Gasteiger partial charge in [0.05, 0.1) is 0 Å². The minimum atomic E-state index is -0.581. The van der Waals surface area contributed by atoms with Gasteiger partial charge in [-0.2, -0.15) is 0 Å². The summed E-state index contributed by atoms with van der Waals surface area (Å²) in [6, 6.07) is 12.7. The van der Waals surface area contributed by atoms with E-state index in [1.807, 2.05) is 43.3 Å². The van der Waals surface area contributed by atoms with Crippen molar-refractivity contribution in [2.24, 2.45) is 5.92 Å². The van der Waals surface area contributed by atoms with Crippen molar-refractivity contribution in [2.45, 2.75) is 40.2 Å². The first-order valence-electron chi connectivity index (χ1n) is 13.0. The van der Waals surface area contributed by atoms with Crippen molar-refractivity contribution in [3.05, 3.63) is 62.9 Å². The van der Waals surface area contributed by atoms with Crippen molar-refractivity contribution >= 4 is 52.6 Å². The summed E-state index contributed by atoms with van der Waals surface area (Å²) in [7, 11) is 3.16. The molecule has 0 bridgehead atoms. The van der Waals surface area contributed by atoms with Crippen LogP contribution >= 0.6 is 0 Å². The van der Waals surface area contributed by atoms with Crippen LogP contribution in [0.1, 0.15) is 48.4 Å². The van der Waals surface area contributed by atoms with E-state index in [2.05, 4.69) is 18.7 Å². The number of ketones is 1. The Morgan fingerprint density at radius 1 is 0.974 bits per heavy atom. The van der Waals surface area contributed by atoms with Crippen LogP contribution in [-0.4, -0.2) is 53.6 Å². The zero-order chi connectivity index (χ0) is 28.1.